The van der Waals surface area contributed by atoms with Crippen molar-refractivity contribution in [2.24, 2.45) is 0 Å². The molecule has 0 saturated heterocycles. The first kappa shape index (κ1) is 31.9. The van der Waals surface area contributed by atoms with E-state index in [1.165, 1.54) is 38.7 Å². The van der Waals surface area contributed by atoms with Crippen LogP contribution in [0.2, 0.25) is 51.9 Å². The molecule has 0 spiro atoms. The number of halogens is 2. The Morgan fingerprint density at radius 2 is 1.55 bits per heavy atom. The maximum atomic E-state index is 6.37. The monoisotopic (exact) mass is 669 g/mol. The van der Waals surface area contributed by atoms with E-state index in [0.717, 1.165) is 6.61 Å². The molecular formula is C31H37Cl2OSi3Zr. The topological polar surface area (TPSA) is 9.23 Å². The first-order valence-electron chi connectivity index (χ1n) is 13.1. The number of benzene rings is 3. The molecule has 0 saturated carbocycles. The number of allylic oxidation sites excluding steroid dienone is 1. The Labute approximate surface area is 262 Å². The van der Waals surface area contributed by atoms with Crippen molar-refractivity contribution in [2.75, 3.05) is 6.61 Å². The fourth-order valence-electron chi connectivity index (χ4n) is 6.41. The van der Waals surface area contributed by atoms with Crippen LogP contribution in [-0.4, -0.2) is 31.1 Å². The second-order valence-electron chi connectivity index (χ2n) is 12.8. The number of hydrogen-bond acceptors (Lipinski definition) is 1. The van der Waals surface area contributed by atoms with Gasteiger partial charge >= 0.3 is 26.2 Å². The van der Waals surface area contributed by atoms with Gasteiger partial charge in [0.1, 0.15) is 8.07 Å². The summed E-state index contributed by atoms with van der Waals surface area (Å²) in [5.74, 6) is 0.392. The van der Waals surface area contributed by atoms with E-state index in [0.29, 0.717) is 5.92 Å². The Morgan fingerprint density at radius 3 is 2.26 bits per heavy atom. The summed E-state index contributed by atoms with van der Waals surface area (Å²) in [6.45, 7) is 18.1. The normalized spacial score (nSPS) is 17.1. The molecule has 0 fully saturated rings. The van der Waals surface area contributed by atoms with Crippen molar-refractivity contribution in [1.82, 2.24) is 0 Å². The van der Waals surface area contributed by atoms with E-state index in [4.69, 9.17) is 4.43 Å². The predicted molar refractivity (Wildman–Crippen MR) is 162 cm³/mol. The van der Waals surface area contributed by atoms with Crippen molar-refractivity contribution >= 4 is 62.5 Å². The maximum absolute atomic E-state index is 6.37. The molecule has 197 valence electrons. The molecule has 1 atom stereocenters. The van der Waals surface area contributed by atoms with Crippen molar-refractivity contribution in [1.29, 1.82) is 0 Å². The smallest absolute Gasteiger partial charge is 1.00 e. The number of fused-ring (bicyclic) bond motifs is 5. The first-order valence-corrected chi connectivity index (χ1v) is 22.7. The molecule has 6 rings (SSSR count). The predicted octanol–water partition coefficient (Wildman–Crippen LogP) is 1.48. The molecule has 1 radical (unpaired) electrons. The van der Waals surface area contributed by atoms with E-state index in [1.54, 1.807) is 21.1 Å². The van der Waals surface area contributed by atoms with Crippen LogP contribution >= 0.6 is 0 Å². The minimum atomic E-state index is -1.71. The van der Waals surface area contributed by atoms with E-state index >= 15 is 0 Å². The van der Waals surface area contributed by atoms with Crippen LogP contribution in [0.25, 0.3) is 27.6 Å². The van der Waals surface area contributed by atoms with E-state index in [9.17, 15) is 0 Å². The zero-order valence-corrected chi connectivity index (χ0v) is 30.5. The van der Waals surface area contributed by atoms with Crippen LogP contribution in [0.4, 0.5) is 0 Å². The van der Waals surface area contributed by atoms with Crippen molar-refractivity contribution < 1.29 is 55.4 Å². The van der Waals surface area contributed by atoms with E-state index in [2.05, 4.69) is 113 Å². The summed E-state index contributed by atoms with van der Waals surface area (Å²) >= 11 is 0. The van der Waals surface area contributed by atoms with Crippen LogP contribution < -0.4 is 35.2 Å². The molecule has 0 N–H and O–H groups in total. The van der Waals surface area contributed by atoms with Crippen molar-refractivity contribution in [2.45, 2.75) is 57.8 Å². The summed E-state index contributed by atoms with van der Waals surface area (Å²) in [7, 11) is -4.71. The van der Waals surface area contributed by atoms with Crippen molar-refractivity contribution in [3.05, 3.63) is 82.6 Å². The fourth-order valence-corrected chi connectivity index (χ4v) is 13.3. The largest absolute Gasteiger partial charge is 3.00 e. The van der Waals surface area contributed by atoms with Gasteiger partial charge in [-0.2, -0.15) is 0 Å². The third-order valence-electron chi connectivity index (χ3n) is 8.46. The molecule has 1 unspecified atom stereocenters. The zero-order valence-electron chi connectivity index (χ0n) is 23.5. The van der Waals surface area contributed by atoms with Gasteiger partial charge in [0.15, 0.2) is 8.32 Å². The summed E-state index contributed by atoms with van der Waals surface area (Å²) in [4.78, 5) is 0. The van der Waals surface area contributed by atoms with Gasteiger partial charge < -0.3 is 29.2 Å². The molecule has 7 heteroatoms. The van der Waals surface area contributed by atoms with Crippen LogP contribution in [-0.2, 0) is 30.6 Å². The van der Waals surface area contributed by atoms with Gasteiger partial charge in [-0.3, -0.25) is 0 Å². The fraction of sp³-hybridized carbons (Fsp3) is 0.323. The van der Waals surface area contributed by atoms with Gasteiger partial charge in [-0.15, -0.1) is 33.7 Å². The quantitative estimate of drug-likeness (QED) is 0.223. The molecule has 1 nitrogen and oxygen atoms in total. The molecule has 2 aliphatic rings. The zero-order chi connectivity index (χ0) is 24.8. The Balaban J connectivity index is 0.00000133. The molecular weight excluding hydrogens is 635 g/mol. The Bertz CT molecular complexity index is 1530. The van der Waals surface area contributed by atoms with Gasteiger partial charge in [-0.05, 0) is 36.8 Å². The Hall–Kier alpha value is -0.656. The molecule has 1 aliphatic heterocycles. The van der Waals surface area contributed by atoms with E-state index in [-0.39, 0.29) is 51.0 Å². The molecule has 0 aromatic heterocycles. The minimum absolute atomic E-state index is 0. The maximum Gasteiger partial charge on any atom is 3.00 e. The molecule has 0 amide bonds. The molecule has 1 aliphatic carbocycles. The molecule has 4 aromatic carbocycles. The van der Waals surface area contributed by atoms with Gasteiger partial charge in [0.05, 0.1) is 8.07 Å². The van der Waals surface area contributed by atoms with Crippen LogP contribution in [0.1, 0.15) is 22.6 Å². The van der Waals surface area contributed by atoms with Crippen LogP contribution in [0.15, 0.2) is 65.9 Å². The van der Waals surface area contributed by atoms with Crippen LogP contribution in [0.3, 0.4) is 0 Å². The average molecular weight is 672 g/mol. The third kappa shape index (κ3) is 5.22. The summed E-state index contributed by atoms with van der Waals surface area (Å²) < 4.78 is 6.37. The number of rotatable bonds is 6. The van der Waals surface area contributed by atoms with E-state index in [1.807, 2.05) is 0 Å². The molecule has 0 bridgehead atoms. The van der Waals surface area contributed by atoms with Gasteiger partial charge in [0.25, 0.3) is 0 Å². The molecule has 38 heavy (non-hydrogen) atoms. The van der Waals surface area contributed by atoms with Crippen LogP contribution in [0, 0.1) is 0 Å². The minimum Gasteiger partial charge on any atom is -1.00 e. The molecule has 1 heterocycles. The second-order valence-corrected chi connectivity index (χ2v) is 26.4. The van der Waals surface area contributed by atoms with Gasteiger partial charge in [0, 0.05) is 12.5 Å². The third-order valence-corrected chi connectivity index (χ3v) is 16.3. The standard InChI is InChI=1S/C31H37OSi3.2ClH.Zr/c1-33(2,3)32-16-17-34(4,5)27-19-22-13-9-11-15-24(22)29(27)30-26-18-21-12-8-10-14-23(21)25(26)20-28-31(30)35(28,6)7;;;/h8-15,18-20,29H,16-17H2,1-7H3;2*1H;/q-1;;;+3/p-2. The summed E-state index contributed by atoms with van der Waals surface area (Å²) in [5.41, 5.74) is 4.60. The van der Waals surface area contributed by atoms with Gasteiger partial charge in [-0.25, -0.2) is 0 Å². The van der Waals surface area contributed by atoms with Crippen molar-refractivity contribution in [3.63, 3.8) is 0 Å². The van der Waals surface area contributed by atoms with Crippen molar-refractivity contribution in [3.8, 4) is 0 Å². The van der Waals surface area contributed by atoms with Gasteiger partial charge in [-0.1, -0.05) is 102 Å². The second kappa shape index (κ2) is 11.0. The van der Waals surface area contributed by atoms with Crippen LogP contribution in [0.5, 0.6) is 0 Å². The van der Waals surface area contributed by atoms with Gasteiger partial charge in [0.2, 0.25) is 0 Å². The summed E-state index contributed by atoms with van der Waals surface area (Å²) in [6.07, 6.45) is 2.57. The Kier molecular flexibility index (Phi) is 9.20. The first-order chi connectivity index (χ1) is 16.5. The summed E-state index contributed by atoms with van der Waals surface area (Å²) in [6, 6.07) is 24.4. The Morgan fingerprint density at radius 1 is 0.895 bits per heavy atom. The number of hydrogen-bond donors (Lipinski definition) is 0. The summed E-state index contributed by atoms with van der Waals surface area (Å²) in [5, 5.41) is 10.9. The average Bonchev–Trinajstić information content (AvgIpc) is 3.10. The SMILES string of the molecule is C[Si](C)(C)OCC[Si](C)(C)C1=Cc2ccccc2C1c1c2c(cc3c1[cH-]c1ccccc13)[Si]2(C)C.[Cl-].[Cl-].[Zr+3]. The molecule has 4 aromatic rings. The van der Waals surface area contributed by atoms with E-state index < -0.39 is 24.5 Å².